The number of carbonyl (C=O) groups is 1. The molecule has 0 spiro atoms. The van der Waals surface area contributed by atoms with E-state index in [1.54, 1.807) is 0 Å². The smallest absolute Gasteiger partial charge is 0.317 e. The fraction of sp³-hybridized carbons (Fsp3) is 0.941. The second-order valence-electron chi connectivity index (χ2n) is 8.63. The first-order chi connectivity index (χ1) is 10.0. The molecule has 4 heteroatoms. The van der Waals surface area contributed by atoms with Crippen LogP contribution < -0.4 is 11.1 Å². The molecule has 3 N–H and O–H groups in total. The van der Waals surface area contributed by atoms with Crippen LogP contribution in [0.5, 0.6) is 0 Å². The Morgan fingerprint density at radius 3 is 2.14 bits per heavy atom. The highest BCUT2D eigenvalue weighted by Gasteiger charge is 2.51. The highest BCUT2D eigenvalue weighted by Crippen LogP contribution is 2.55. The van der Waals surface area contributed by atoms with Gasteiger partial charge in [-0.3, -0.25) is 0 Å². The zero-order valence-electron chi connectivity index (χ0n) is 13.2. The third kappa shape index (κ3) is 2.56. The van der Waals surface area contributed by atoms with E-state index in [2.05, 4.69) is 12.2 Å². The van der Waals surface area contributed by atoms with E-state index in [1.165, 1.54) is 38.5 Å². The normalized spacial score (nSPS) is 48.5. The van der Waals surface area contributed by atoms with Gasteiger partial charge in [-0.1, -0.05) is 6.92 Å². The van der Waals surface area contributed by atoms with Gasteiger partial charge in [0.15, 0.2) is 0 Å². The first-order valence-corrected chi connectivity index (χ1v) is 8.84. The third-order valence-corrected chi connectivity index (χ3v) is 6.39. The first kappa shape index (κ1) is 13.9. The Kier molecular flexibility index (Phi) is 3.21. The van der Waals surface area contributed by atoms with Gasteiger partial charge in [-0.2, -0.15) is 0 Å². The molecular weight excluding hydrogens is 262 g/mol. The van der Waals surface area contributed by atoms with Crippen LogP contribution in [-0.4, -0.2) is 35.6 Å². The summed E-state index contributed by atoms with van der Waals surface area (Å²) in [6.45, 7) is 3.79. The molecule has 5 rings (SSSR count). The minimum Gasteiger partial charge on any atom is -0.333 e. The van der Waals surface area contributed by atoms with Crippen LogP contribution in [0.15, 0.2) is 0 Å². The molecule has 0 aromatic carbocycles. The molecule has 1 heterocycles. The molecule has 4 saturated carbocycles. The van der Waals surface area contributed by atoms with Gasteiger partial charge < -0.3 is 16.0 Å². The average molecular weight is 291 g/mol. The monoisotopic (exact) mass is 291 g/mol. The second kappa shape index (κ2) is 4.87. The molecule has 2 atom stereocenters. The molecule has 0 aromatic heterocycles. The van der Waals surface area contributed by atoms with Crippen LogP contribution in [0, 0.1) is 23.7 Å². The van der Waals surface area contributed by atoms with Crippen LogP contribution in [0.3, 0.4) is 0 Å². The number of nitrogens with two attached hydrogens (primary N) is 1. The minimum absolute atomic E-state index is 0.122. The quantitative estimate of drug-likeness (QED) is 0.779. The summed E-state index contributed by atoms with van der Waals surface area (Å²) in [6, 6.07) is 0.301. The number of likely N-dealkylation sites (tertiary alicyclic amines) is 1. The van der Waals surface area contributed by atoms with Gasteiger partial charge in [-0.25, -0.2) is 4.79 Å². The van der Waals surface area contributed by atoms with Crippen molar-refractivity contribution in [3.05, 3.63) is 0 Å². The first-order valence-electron chi connectivity index (χ1n) is 8.84. The van der Waals surface area contributed by atoms with Crippen molar-refractivity contribution in [3.63, 3.8) is 0 Å². The molecule has 4 aliphatic carbocycles. The lowest BCUT2D eigenvalue weighted by Crippen LogP contribution is -2.63. The molecule has 1 aliphatic heterocycles. The molecule has 5 aliphatic rings. The molecule has 2 amide bonds. The number of hydrogen-bond donors (Lipinski definition) is 2. The number of hydrogen-bond acceptors (Lipinski definition) is 2. The van der Waals surface area contributed by atoms with Gasteiger partial charge in [0, 0.05) is 24.7 Å². The summed E-state index contributed by atoms with van der Waals surface area (Å²) in [6.07, 6.45) is 8.96. The Labute approximate surface area is 127 Å². The summed E-state index contributed by atoms with van der Waals surface area (Å²) in [5.74, 6) is 3.15. The van der Waals surface area contributed by atoms with E-state index in [1.807, 2.05) is 4.90 Å². The minimum atomic E-state index is 0.122. The maximum atomic E-state index is 12.7. The molecule has 118 valence electrons. The molecular formula is C17H29N3O. The van der Waals surface area contributed by atoms with Crippen molar-refractivity contribution in [1.82, 2.24) is 10.2 Å². The molecule has 1 saturated heterocycles. The summed E-state index contributed by atoms with van der Waals surface area (Å²) in [5, 5.41) is 3.47. The van der Waals surface area contributed by atoms with Crippen LogP contribution in [0.2, 0.25) is 0 Å². The average Bonchev–Trinajstić information content (AvgIpc) is 2.35. The van der Waals surface area contributed by atoms with Crippen molar-refractivity contribution in [3.8, 4) is 0 Å². The predicted molar refractivity (Wildman–Crippen MR) is 82.8 cm³/mol. The summed E-state index contributed by atoms with van der Waals surface area (Å²) in [7, 11) is 0. The molecule has 4 bridgehead atoms. The van der Waals surface area contributed by atoms with E-state index in [0.717, 1.165) is 37.3 Å². The Morgan fingerprint density at radius 1 is 1.05 bits per heavy atom. The molecule has 0 radical (unpaired) electrons. The number of carbonyl (C=O) groups excluding carboxylic acids is 1. The van der Waals surface area contributed by atoms with Gasteiger partial charge in [0.25, 0.3) is 0 Å². The Hall–Kier alpha value is -0.770. The lowest BCUT2D eigenvalue weighted by atomic mass is 9.53. The summed E-state index contributed by atoms with van der Waals surface area (Å²) < 4.78 is 0. The van der Waals surface area contributed by atoms with E-state index in [-0.39, 0.29) is 17.6 Å². The topological polar surface area (TPSA) is 58.4 Å². The van der Waals surface area contributed by atoms with E-state index in [0.29, 0.717) is 5.92 Å². The van der Waals surface area contributed by atoms with Crippen LogP contribution in [-0.2, 0) is 0 Å². The predicted octanol–water partition coefficient (Wildman–Crippen LogP) is 2.33. The SMILES string of the molecule is CC1CC(N)CN(C(=O)NC23CC4CC(CC(C4)C2)C3)C1. The lowest BCUT2D eigenvalue weighted by Gasteiger charge is -2.57. The third-order valence-electron chi connectivity index (χ3n) is 6.39. The van der Waals surface area contributed by atoms with Crippen molar-refractivity contribution in [2.45, 2.75) is 63.5 Å². The number of nitrogens with zero attached hydrogens (tertiary/aromatic N) is 1. The standard InChI is InChI=1S/C17H29N3O/c1-11-2-15(18)10-20(9-11)16(21)19-17-6-12-3-13(7-17)5-14(4-12)8-17/h11-15H,2-10,18H2,1H3,(H,19,21). The summed E-state index contributed by atoms with van der Waals surface area (Å²) in [5.41, 5.74) is 6.21. The van der Waals surface area contributed by atoms with Gasteiger partial charge in [0.05, 0.1) is 0 Å². The number of urea groups is 1. The van der Waals surface area contributed by atoms with Gasteiger partial charge in [0.2, 0.25) is 0 Å². The van der Waals surface area contributed by atoms with Crippen LogP contribution in [0.4, 0.5) is 4.79 Å². The lowest BCUT2D eigenvalue weighted by molar-refractivity contribution is -0.0164. The van der Waals surface area contributed by atoms with Crippen molar-refractivity contribution < 1.29 is 4.79 Å². The second-order valence-corrected chi connectivity index (χ2v) is 8.63. The molecule has 5 fully saturated rings. The highest BCUT2D eigenvalue weighted by molar-refractivity contribution is 5.75. The maximum Gasteiger partial charge on any atom is 0.317 e. The van der Waals surface area contributed by atoms with Crippen LogP contribution >= 0.6 is 0 Å². The Bertz CT molecular complexity index is 390. The van der Waals surface area contributed by atoms with Gasteiger partial charge in [0.1, 0.15) is 0 Å². The number of nitrogens with one attached hydrogen (secondary N) is 1. The van der Waals surface area contributed by atoms with E-state index in [4.69, 9.17) is 5.73 Å². The fourth-order valence-electron chi connectivity index (χ4n) is 6.14. The number of amides is 2. The van der Waals surface area contributed by atoms with Gasteiger partial charge >= 0.3 is 6.03 Å². The van der Waals surface area contributed by atoms with Crippen molar-refractivity contribution in [1.29, 1.82) is 0 Å². The van der Waals surface area contributed by atoms with E-state index >= 15 is 0 Å². The van der Waals surface area contributed by atoms with Gasteiger partial charge in [-0.05, 0) is 68.6 Å². The summed E-state index contributed by atoms with van der Waals surface area (Å²) in [4.78, 5) is 14.7. The number of rotatable bonds is 1. The highest BCUT2D eigenvalue weighted by atomic mass is 16.2. The fourth-order valence-corrected chi connectivity index (χ4v) is 6.14. The summed E-state index contributed by atoms with van der Waals surface area (Å²) >= 11 is 0. The maximum absolute atomic E-state index is 12.7. The largest absolute Gasteiger partial charge is 0.333 e. The van der Waals surface area contributed by atoms with Crippen LogP contribution in [0.1, 0.15) is 51.9 Å². The van der Waals surface area contributed by atoms with Crippen molar-refractivity contribution in [2.24, 2.45) is 29.4 Å². The van der Waals surface area contributed by atoms with E-state index < -0.39 is 0 Å². The van der Waals surface area contributed by atoms with Crippen LogP contribution in [0.25, 0.3) is 0 Å². The Balaban J connectivity index is 1.44. The van der Waals surface area contributed by atoms with Crippen molar-refractivity contribution in [2.75, 3.05) is 13.1 Å². The number of piperidine rings is 1. The van der Waals surface area contributed by atoms with E-state index in [9.17, 15) is 4.79 Å². The molecule has 21 heavy (non-hydrogen) atoms. The zero-order valence-corrected chi connectivity index (χ0v) is 13.2. The molecule has 2 unspecified atom stereocenters. The zero-order chi connectivity index (χ0) is 14.6. The van der Waals surface area contributed by atoms with Crippen molar-refractivity contribution >= 4 is 6.03 Å². The molecule has 0 aromatic rings. The molecule has 4 nitrogen and oxygen atoms in total. The van der Waals surface area contributed by atoms with Gasteiger partial charge in [-0.15, -0.1) is 0 Å². The Morgan fingerprint density at radius 2 is 1.62 bits per heavy atom.